The summed E-state index contributed by atoms with van der Waals surface area (Å²) in [5.41, 5.74) is 0.0649. The highest BCUT2D eigenvalue weighted by molar-refractivity contribution is 7.90. The molecule has 1 saturated carbocycles. The Labute approximate surface area is 171 Å². The molecule has 0 spiro atoms. The highest BCUT2D eigenvalue weighted by Gasteiger charge is 2.24. The number of hydrogen-bond acceptors (Lipinski definition) is 7. The third-order valence-electron chi connectivity index (χ3n) is 4.87. The van der Waals surface area contributed by atoms with Crippen LogP contribution in [0.25, 0.3) is 5.82 Å². The molecule has 0 atom stereocenters. The van der Waals surface area contributed by atoms with E-state index in [0.717, 1.165) is 31.9 Å². The zero-order valence-corrected chi connectivity index (χ0v) is 17.4. The van der Waals surface area contributed by atoms with Gasteiger partial charge in [0.25, 0.3) is 5.91 Å². The van der Waals surface area contributed by atoms with E-state index in [1.807, 2.05) is 0 Å². The van der Waals surface area contributed by atoms with Crippen LogP contribution in [-0.4, -0.2) is 67.6 Å². The van der Waals surface area contributed by atoms with Crippen LogP contribution in [0.4, 0.5) is 0 Å². The van der Waals surface area contributed by atoms with Crippen LogP contribution in [0.3, 0.4) is 0 Å². The number of carbonyl (C=O) groups is 1. The predicted molar refractivity (Wildman–Crippen MR) is 108 cm³/mol. The molecule has 0 unspecified atom stereocenters. The number of carbonyl (C=O) groups excluding carboxylic acids is 1. The Hall–Kier alpha value is -2.30. The number of sulfone groups is 1. The molecule has 0 radical (unpaired) electrons. The van der Waals surface area contributed by atoms with Crippen LogP contribution in [0.15, 0.2) is 35.7 Å². The second-order valence-corrected chi connectivity index (χ2v) is 9.11. The molecule has 160 valence electrons. The Kier molecular flexibility index (Phi) is 6.99. The lowest BCUT2D eigenvalue weighted by atomic mass is 9.93. The van der Waals surface area contributed by atoms with Crippen LogP contribution in [0.2, 0.25) is 0 Å². The van der Waals surface area contributed by atoms with E-state index in [-0.39, 0.29) is 30.1 Å². The van der Waals surface area contributed by atoms with Crippen molar-refractivity contribution in [2.75, 3.05) is 26.6 Å². The van der Waals surface area contributed by atoms with Gasteiger partial charge in [0.1, 0.15) is 17.8 Å². The van der Waals surface area contributed by atoms with Gasteiger partial charge in [-0.05, 0) is 31.7 Å². The zero-order chi connectivity index (χ0) is 20.9. The first kappa shape index (κ1) is 21.4. The van der Waals surface area contributed by atoms with Crippen molar-refractivity contribution in [3.8, 4) is 5.82 Å². The van der Waals surface area contributed by atoms with E-state index in [4.69, 9.17) is 9.47 Å². The van der Waals surface area contributed by atoms with Gasteiger partial charge in [-0.1, -0.05) is 0 Å². The van der Waals surface area contributed by atoms with Crippen LogP contribution < -0.4 is 5.32 Å². The highest BCUT2D eigenvalue weighted by atomic mass is 32.2. The minimum absolute atomic E-state index is 0. The van der Waals surface area contributed by atoms with Crippen molar-refractivity contribution in [2.45, 2.75) is 42.7 Å². The van der Waals surface area contributed by atoms with E-state index in [0.29, 0.717) is 19.0 Å². The monoisotopic (exact) mass is 424 g/mol. The van der Waals surface area contributed by atoms with Crippen LogP contribution >= 0.6 is 0 Å². The van der Waals surface area contributed by atoms with E-state index in [1.165, 1.54) is 18.5 Å². The number of imidazole rings is 1. The van der Waals surface area contributed by atoms with Crippen molar-refractivity contribution in [3.05, 3.63) is 36.5 Å². The Morgan fingerprint density at radius 3 is 2.66 bits per heavy atom. The summed E-state index contributed by atoms with van der Waals surface area (Å²) in [5, 5.41) is 2.97. The second kappa shape index (κ2) is 9.47. The lowest BCUT2D eigenvalue weighted by molar-refractivity contribution is -0.00409. The molecular formula is C19H28N4O5S. The summed E-state index contributed by atoms with van der Waals surface area (Å²) in [6.45, 7) is 1.13. The van der Waals surface area contributed by atoms with E-state index in [9.17, 15) is 13.2 Å². The van der Waals surface area contributed by atoms with Crippen molar-refractivity contribution < 1.29 is 24.1 Å². The molecule has 1 fully saturated rings. The first-order valence-electron chi connectivity index (χ1n) is 9.48. The van der Waals surface area contributed by atoms with Crippen molar-refractivity contribution in [3.63, 3.8) is 0 Å². The Morgan fingerprint density at radius 1 is 1.28 bits per heavy atom. The number of methoxy groups -OCH3 is 1. The van der Waals surface area contributed by atoms with Gasteiger partial charge >= 0.3 is 0 Å². The molecule has 3 rings (SSSR count). The largest absolute Gasteiger partial charge is 0.382 e. The summed E-state index contributed by atoms with van der Waals surface area (Å²) in [7, 11) is -1.86. The summed E-state index contributed by atoms with van der Waals surface area (Å²) in [6, 6.07) is 2.74. The first-order valence-corrected chi connectivity index (χ1v) is 11.4. The number of nitrogens with zero attached hydrogens (tertiary/aromatic N) is 3. The van der Waals surface area contributed by atoms with Gasteiger partial charge in [0.15, 0.2) is 9.84 Å². The van der Waals surface area contributed by atoms with Crippen LogP contribution in [0, 0.1) is 0 Å². The van der Waals surface area contributed by atoms with E-state index < -0.39 is 9.84 Å². The number of aromatic nitrogens is 3. The summed E-state index contributed by atoms with van der Waals surface area (Å²) in [6.07, 6.45) is 9.28. The average molecular weight is 425 g/mol. The van der Waals surface area contributed by atoms with Crippen molar-refractivity contribution >= 4 is 15.7 Å². The molecule has 1 amide bonds. The van der Waals surface area contributed by atoms with Gasteiger partial charge < -0.3 is 14.8 Å². The third kappa shape index (κ3) is 5.84. The number of rotatable bonds is 8. The van der Waals surface area contributed by atoms with Crippen molar-refractivity contribution in [1.29, 1.82) is 0 Å². The van der Waals surface area contributed by atoms with Crippen molar-refractivity contribution in [2.24, 2.45) is 0 Å². The molecule has 29 heavy (non-hydrogen) atoms. The molecule has 1 aliphatic carbocycles. The summed E-state index contributed by atoms with van der Waals surface area (Å²) in [5.74, 6) is -0.0635. The summed E-state index contributed by atoms with van der Waals surface area (Å²) in [4.78, 5) is 21.1. The number of ether oxygens (including phenoxy) is 2. The quantitative estimate of drug-likeness (QED) is 0.641. The van der Waals surface area contributed by atoms with Crippen molar-refractivity contribution in [1.82, 2.24) is 19.9 Å². The smallest absolute Gasteiger partial charge is 0.270 e. The lowest BCUT2D eigenvalue weighted by Crippen LogP contribution is -2.39. The van der Waals surface area contributed by atoms with Gasteiger partial charge in [0.05, 0.1) is 24.2 Å². The fraction of sp³-hybridized carbons (Fsp3) is 0.526. The maximum absolute atomic E-state index is 12.8. The maximum atomic E-state index is 12.8. The molecule has 0 bridgehead atoms. The standard InChI is InChI=1S/C19H26N4O5S.H2/c1-27-9-10-28-15-5-3-14(4-6-15)21-19(24)17-11-16(29(2,25)26)12-18(22-17)23-8-7-20-13-23;/h7-8,11-15H,3-6,9-10H2,1-2H3,(H,21,24);1H. The molecule has 10 heteroatoms. The summed E-state index contributed by atoms with van der Waals surface area (Å²) >= 11 is 0. The molecule has 0 saturated heterocycles. The van der Waals surface area contributed by atoms with Crippen LogP contribution in [0.1, 0.15) is 37.6 Å². The van der Waals surface area contributed by atoms with Gasteiger partial charge in [-0.25, -0.2) is 18.4 Å². The fourth-order valence-corrected chi connectivity index (χ4v) is 3.93. The summed E-state index contributed by atoms with van der Waals surface area (Å²) < 4.78 is 36.4. The van der Waals surface area contributed by atoms with E-state index in [1.54, 1.807) is 24.1 Å². The highest BCUT2D eigenvalue weighted by Crippen LogP contribution is 2.22. The molecular weight excluding hydrogens is 396 g/mol. The van der Waals surface area contributed by atoms with Gasteiger partial charge in [0, 0.05) is 39.3 Å². The zero-order valence-electron chi connectivity index (χ0n) is 16.6. The lowest BCUT2D eigenvalue weighted by Gasteiger charge is -2.29. The van der Waals surface area contributed by atoms with Crippen LogP contribution in [-0.2, 0) is 19.3 Å². The number of hydrogen-bond donors (Lipinski definition) is 1. The molecule has 0 aromatic carbocycles. The van der Waals surface area contributed by atoms with Gasteiger partial charge in [-0.2, -0.15) is 0 Å². The van der Waals surface area contributed by atoms with Gasteiger partial charge in [-0.3, -0.25) is 9.36 Å². The molecule has 0 aliphatic heterocycles. The molecule has 2 aromatic heterocycles. The van der Waals surface area contributed by atoms with Gasteiger partial charge in [0.2, 0.25) is 0 Å². The number of nitrogens with one attached hydrogen (secondary N) is 1. The Morgan fingerprint density at radius 2 is 2.03 bits per heavy atom. The molecule has 1 aliphatic rings. The SMILES string of the molecule is COCCOC1CCC(NC(=O)c2cc(S(C)(=O)=O)cc(-n3ccnc3)n2)CC1.[HH]. The molecule has 9 nitrogen and oxygen atoms in total. The van der Waals surface area contributed by atoms with Gasteiger partial charge in [-0.15, -0.1) is 0 Å². The minimum Gasteiger partial charge on any atom is -0.382 e. The third-order valence-corrected chi connectivity index (χ3v) is 5.96. The van der Waals surface area contributed by atoms with Crippen LogP contribution in [0.5, 0.6) is 0 Å². The average Bonchev–Trinajstić information content (AvgIpc) is 3.23. The number of amides is 1. The normalized spacial score (nSPS) is 19.8. The number of pyridine rings is 1. The van der Waals surface area contributed by atoms with E-state index >= 15 is 0 Å². The molecule has 1 N–H and O–H groups in total. The first-order chi connectivity index (χ1) is 13.9. The second-order valence-electron chi connectivity index (χ2n) is 7.10. The molecule has 2 heterocycles. The molecule has 2 aromatic rings. The Bertz CT molecular complexity index is 928. The fourth-order valence-electron chi connectivity index (χ4n) is 3.28. The van der Waals surface area contributed by atoms with E-state index in [2.05, 4.69) is 15.3 Å². The minimum atomic E-state index is -3.50. The predicted octanol–water partition coefficient (Wildman–Crippen LogP) is 1.62. The maximum Gasteiger partial charge on any atom is 0.270 e. The Balaban J connectivity index is 0.00000320. The topological polar surface area (TPSA) is 112 Å².